The van der Waals surface area contributed by atoms with Gasteiger partial charge in [0.05, 0.1) is 18.8 Å². The fourth-order valence-corrected chi connectivity index (χ4v) is 5.29. The van der Waals surface area contributed by atoms with Gasteiger partial charge in [0.25, 0.3) is 0 Å². The molecular weight excluding hydrogens is 504 g/mol. The van der Waals surface area contributed by atoms with Gasteiger partial charge >= 0.3 is 6.18 Å². The molecule has 202 valence electrons. The number of halogens is 4. The molecule has 2 aromatic rings. The smallest absolute Gasteiger partial charge is 0.416 e. The van der Waals surface area contributed by atoms with Crippen LogP contribution in [0, 0.1) is 11.7 Å². The number of ether oxygens (including phenoxy) is 2. The Labute approximate surface area is 220 Å². The van der Waals surface area contributed by atoms with E-state index in [9.17, 15) is 13.2 Å². The average molecular weight is 539 g/mol. The highest BCUT2D eigenvalue weighted by Gasteiger charge is 2.41. The lowest BCUT2D eigenvalue weighted by atomic mass is 9.84. The van der Waals surface area contributed by atoms with E-state index in [1.54, 1.807) is 18.2 Å². The Hall–Kier alpha value is -2.55. The largest absolute Gasteiger partial charge is 0.480 e. The summed E-state index contributed by atoms with van der Waals surface area (Å²) in [6.07, 6.45) is -4.00. The van der Waals surface area contributed by atoms with Gasteiger partial charge in [0.2, 0.25) is 11.8 Å². The first-order chi connectivity index (χ1) is 17.4. The molecule has 4 nitrogen and oxygen atoms in total. The molecule has 1 unspecified atom stereocenters. The molecule has 9 heteroatoms. The van der Waals surface area contributed by atoms with E-state index in [0.717, 1.165) is 23.9 Å². The molecule has 0 radical (unpaired) electrons. The first-order valence-corrected chi connectivity index (χ1v) is 13.3. The fraction of sp³-hybridized carbons (Fsp3) is 0.500. The van der Waals surface area contributed by atoms with Crippen LogP contribution in [0.15, 0.2) is 62.2 Å². The maximum Gasteiger partial charge on any atom is 0.416 e. The van der Waals surface area contributed by atoms with Gasteiger partial charge < -0.3 is 9.47 Å². The number of hydrogen-bond acceptors (Lipinski definition) is 5. The maximum atomic E-state index is 15.2. The van der Waals surface area contributed by atoms with Crippen LogP contribution in [0.1, 0.15) is 65.0 Å². The molecule has 0 saturated carbocycles. The van der Waals surface area contributed by atoms with Gasteiger partial charge in [0.1, 0.15) is 17.4 Å². The predicted molar refractivity (Wildman–Crippen MR) is 140 cm³/mol. The standard InChI is InChI=1S/C28H34F4N2O2S/c1-7-35-25-24(17(3)4)33-26(36-8-2)27(6,34-25)16-18(5)22-13-12-21(15-23(22)29)37-20-11-9-10-19(14-20)28(30,31)32/h9-15,17-18,24H,7-8,16H2,1-6H3/t18?,24-,27+/m0/s1. The molecule has 0 aromatic heterocycles. The summed E-state index contributed by atoms with van der Waals surface area (Å²) in [5.74, 6) is 0.575. The Morgan fingerprint density at radius 2 is 1.68 bits per heavy atom. The van der Waals surface area contributed by atoms with E-state index in [-0.39, 0.29) is 17.9 Å². The highest BCUT2D eigenvalue weighted by molar-refractivity contribution is 7.99. The van der Waals surface area contributed by atoms with Crippen molar-refractivity contribution in [3.63, 3.8) is 0 Å². The van der Waals surface area contributed by atoms with Crippen LogP contribution in [0.2, 0.25) is 0 Å². The molecule has 3 rings (SSSR count). The van der Waals surface area contributed by atoms with Gasteiger partial charge in [-0.1, -0.05) is 44.7 Å². The van der Waals surface area contributed by atoms with E-state index in [0.29, 0.717) is 46.8 Å². The van der Waals surface area contributed by atoms with Crippen LogP contribution in [-0.2, 0) is 15.7 Å². The summed E-state index contributed by atoms with van der Waals surface area (Å²) in [7, 11) is 0. The third-order valence-electron chi connectivity index (χ3n) is 6.14. The fourth-order valence-electron chi connectivity index (χ4n) is 4.39. The lowest BCUT2D eigenvalue weighted by molar-refractivity contribution is -0.137. The quantitative estimate of drug-likeness (QED) is 0.319. The maximum absolute atomic E-state index is 15.2. The van der Waals surface area contributed by atoms with E-state index in [1.807, 2.05) is 41.5 Å². The van der Waals surface area contributed by atoms with E-state index in [2.05, 4.69) is 0 Å². The molecule has 0 aliphatic carbocycles. The second-order valence-electron chi connectivity index (χ2n) is 9.63. The van der Waals surface area contributed by atoms with Crippen molar-refractivity contribution >= 4 is 23.6 Å². The van der Waals surface area contributed by atoms with Crippen molar-refractivity contribution in [2.24, 2.45) is 15.9 Å². The van der Waals surface area contributed by atoms with Gasteiger partial charge in [-0.2, -0.15) is 13.2 Å². The second kappa shape index (κ2) is 11.9. The first kappa shape index (κ1) is 29.0. The van der Waals surface area contributed by atoms with Crippen molar-refractivity contribution in [2.45, 2.75) is 81.4 Å². The van der Waals surface area contributed by atoms with Crippen LogP contribution in [-0.4, -0.2) is 36.6 Å². The zero-order chi connectivity index (χ0) is 27.4. The number of hydrogen-bond donors (Lipinski definition) is 0. The van der Waals surface area contributed by atoms with Crippen molar-refractivity contribution in [2.75, 3.05) is 13.2 Å². The highest BCUT2D eigenvalue weighted by Crippen LogP contribution is 2.38. The monoisotopic (exact) mass is 538 g/mol. The summed E-state index contributed by atoms with van der Waals surface area (Å²) in [6.45, 7) is 12.6. The molecule has 0 bridgehead atoms. The minimum Gasteiger partial charge on any atom is -0.480 e. The second-order valence-corrected chi connectivity index (χ2v) is 10.8. The number of nitrogens with zero attached hydrogens (tertiary/aromatic N) is 2. The summed E-state index contributed by atoms with van der Waals surface area (Å²) >= 11 is 1.09. The van der Waals surface area contributed by atoms with Crippen LogP contribution in [0.3, 0.4) is 0 Å². The van der Waals surface area contributed by atoms with Gasteiger partial charge in [-0.25, -0.2) is 14.4 Å². The topological polar surface area (TPSA) is 43.2 Å². The Morgan fingerprint density at radius 3 is 2.27 bits per heavy atom. The van der Waals surface area contributed by atoms with E-state index < -0.39 is 23.1 Å². The Morgan fingerprint density at radius 1 is 1.00 bits per heavy atom. The third-order valence-corrected chi connectivity index (χ3v) is 7.11. The molecule has 1 aliphatic heterocycles. The van der Waals surface area contributed by atoms with Crippen LogP contribution in [0.5, 0.6) is 0 Å². The van der Waals surface area contributed by atoms with E-state index in [1.165, 1.54) is 12.1 Å². The lowest BCUT2D eigenvalue weighted by Crippen LogP contribution is -2.46. The molecule has 1 aliphatic rings. The number of aliphatic imine (C=N–C) groups is 2. The summed E-state index contributed by atoms with van der Waals surface area (Å²) in [5.41, 5.74) is -1.07. The summed E-state index contributed by atoms with van der Waals surface area (Å²) in [5, 5.41) is 0. The molecule has 2 aromatic carbocycles. The normalized spacial score (nSPS) is 20.9. The van der Waals surface area contributed by atoms with Gasteiger partial charge in [0.15, 0.2) is 0 Å². The summed E-state index contributed by atoms with van der Waals surface area (Å²) in [4.78, 5) is 10.7. The van der Waals surface area contributed by atoms with Gasteiger partial charge in [-0.05, 0) is 74.9 Å². The molecule has 0 saturated heterocycles. The minimum atomic E-state index is -4.43. The van der Waals surface area contributed by atoms with Crippen LogP contribution in [0.25, 0.3) is 0 Å². The van der Waals surface area contributed by atoms with Gasteiger partial charge in [-0.3, -0.25) is 0 Å². The molecule has 0 amide bonds. The Bertz CT molecular complexity index is 1150. The zero-order valence-corrected chi connectivity index (χ0v) is 22.8. The molecule has 3 atom stereocenters. The van der Waals surface area contributed by atoms with Crippen molar-refractivity contribution in [1.82, 2.24) is 0 Å². The van der Waals surface area contributed by atoms with E-state index in [4.69, 9.17) is 19.5 Å². The molecule has 37 heavy (non-hydrogen) atoms. The van der Waals surface area contributed by atoms with Crippen LogP contribution < -0.4 is 0 Å². The van der Waals surface area contributed by atoms with Crippen molar-refractivity contribution in [3.8, 4) is 0 Å². The van der Waals surface area contributed by atoms with E-state index >= 15 is 4.39 Å². The van der Waals surface area contributed by atoms with Gasteiger partial charge in [0, 0.05) is 9.79 Å². The van der Waals surface area contributed by atoms with Gasteiger partial charge in [-0.15, -0.1) is 0 Å². The van der Waals surface area contributed by atoms with Crippen molar-refractivity contribution in [1.29, 1.82) is 0 Å². The summed E-state index contributed by atoms with van der Waals surface area (Å²) in [6, 6.07) is 9.54. The molecule has 1 heterocycles. The Balaban J connectivity index is 1.84. The Kier molecular flexibility index (Phi) is 9.32. The van der Waals surface area contributed by atoms with Crippen molar-refractivity contribution < 1.29 is 27.0 Å². The first-order valence-electron chi connectivity index (χ1n) is 12.5. The molecule has 0 N–H and O–H groups in total. The SMILES string of the molecule is CCOC1=N[C@](C)(CC(C)c2ccc(Sc3cccc(C(F)(F)F)c3)cc2F)C(OCC)=N[C@H]1C(C)C. The number of benzene rings is 2. The van der Waals surface area contributed by atoms with Crippen LogP contribution in [0.4, 0.5) is 17.6 Å². The summed E-state index contributed by atoms with van der Waals surface area (Å²) < 4.78 is 66.1. The minimum absolute atomic E-state index is 0.169. The number of rotatable bonds is 8. The highest BCUT2D eigenvalue weighted by atomic mass is 32.2. The number of alkyl halides is 3. The zero-order valence-electron chi connectivity index (χ0n) is 22.0. The lowest BCUT2D eigenvalue weighted by Gasteiger charge is -2.36. The van der Waals surface area contributed by atoms with Crippen molar-refractivity contribution in [3.05, 3.63) is 59.4 Å². The third kappa shape index (κ3) is 7.06. The molecule has 0 fully saturated rings. The molecule has 0 spiro atoms. The van der Waals surface area contributed by atoms with Crippen LogP contribution >= 0.6 is 11.8 Å². The molecular formula is C28H34F4N2O2S. The average Bonchev–Trinajstić information content (AvgIpc) is 2.80. The predicted octanol–water partition coefficient (Wildman–Crippen LogP) is 8.16.